The normalized spacial score (nSPS) is 20.2. The van der Waals surface area contributed by atoms with Crippen molar-refractivity contribution in [1.82, 2.24) is 10.2 Å². The Bertz CT molecular complexity index is 650. The first-order chi connectivity index (χ1) is 10.8. The highest BCUT2D eigenvalue weighted by atomic mass is 19.1. The van der Waals surface area contributed by atoms with Gasteiger partial charge in [-0.1, -0.05) is 0 Å². The second-order valence-corrected chi connectivity index (χ2v) is 5.36. The van der Waals surface area contributed by atoms with E-state index in [2.05, 4.69) is 5.32 Å². The first-order valence-electron chi connectivity index (χ1n) is 7.02. The zero-order valence-corrected chi connectivity index (χ0v) is 12.8. The fraction of sp³-hybridized carbons (Fsp3) is 0.400. The van der Waals surface area contributed by atoms with Crippen molar-refractivity contribution >= 4 is 17.7 Å². The van der Waals surface area contributed by atoms with Crippen LogP contribution in [0, 0.1) is 11.7 Å². The van der Waals surface area contributed by atoms with Gasteiger partial charge in [-0.2, -0.15) is 0 Å². The van der Waals surface area contributed by atoms with E-state index in [0.29, 0.717) is 0 Å². The van der Waals surface area contributed by atoms with Crippen molar-refractivity contribution in [2.24, 2.45) is 11.7 Å². The van der Waals surface area contributed by atoms with Crippen molar-refractivity contribution in [3.8, 4) is 5.75 Å². The lowest BCUT2D eigenvalue weighted by Crippen LogP contribution is -2.44. The Kier molecular flexibility index (Phi) is 4.83. The van der Waals surface area contributed by atoms with Crippen LogP contribution in [0.2, 0.25) is 0 Å². The summed E-state index contributed by atoms with van der Waals surface area (Å²) in [5.41, 5.74) is 5.41. The van der Waals surface area contributed by atoms with E-state index in [9.17, 15) is 18.8 Å². The van der Waals surface area contributed by atoms with Crippen LogP contribution in [0.15, 0.2) is 18.2 Å². The largest absolute Gasteiger partial charge is 0.494 e. The van der Waals surface area contributed by atoms with Gasteiger partial charge in [-0.05, 0) is 18.2 Å². The Hall–Kier alpha value is -2.64. The number of hydrogen-bond donors (Lipinski definition) is 2. The summed E-state index contributed by atoms with van der Waals surface area (Å²) in [5, 5.41) is 2.63. The lowest BCUT2D eigenvalue weighted by molar-refractivity contribution is -0.128. The Balaban J connectivity index is 2.13. The van der Waals surface area contributed by atoms with Crippen molar-refractivity contribution in [2.45, 2.75) is 13.0 Å². The molecule has 0 radical (unpaired) electrons. The maximum atomic E-state index is 13.7. The van der Waals surface area contributed by atoms with Gasteiger partial charge in [-0.15, -0.1) is 0 Å². The minimum absolute atomic E-state index is 0.0279. The average Bonchev–Trinajstić information content (AvgIpc) is 2.91. The van der Waals surface area contributed by atoms with Gasteiger partial charge < -0.3 is 20.7 Å². The predicted octanol–water partition coefficient (Wildman–Crippen LogP) is -0.104. The Morgan fingerprint density at radius 2 is 2.04 bits per heavy atom. The Morgan fingerprint density at radius 3 is 2.57 bits per heavy atom. The van der Waals surface area contributed by atoms with Gasteiger partial charge in [0.15, 0.2) is 11.6 Å². The van der Waals surface area contributed by atoms with Crippen LogP contribution in [-0.2, 0) is 9.59 Å². The minimum Gasteiger partial charge on any atom is -0.494 e. The topological polar surface area (TPSA) is 102 Å². The Labute approximate surface area is 132 Å². The number of amides is 3. The van der Waals surface area contributed by atoms with E-state index in [4.69, 9.17) is 10.5 Å². The molecule has 1 aromatic rings. The number of hydrogen-bond acceptors (Lipinski definition) is 4. The molecule has 0 aliphatic carbocycles. The molecule has 3 amide bonds. The fourth-order valence-electron chi connectivity index (χ4n) is 2.55. The summed E-state index contributed by atoms with van der Waals surface area (Å²) in [6.45, 7) is 1.72. The lowest BCUT2D eigenvalue weighted by atomic mass is 10.0. The van der Waals surface area contributed by atoms with Crippen LogP contribution in [0.25, 0.3) is 0 Å². The van der Waals surface area contributed by atoms with Gasteiger partial charge in [0.25, 0.3) is 5.91 Å². The SMILES string of the molecule is COc1ccc(C(=O)N[C@H]2CN(C(C)=O)C[C@H]2C(N)=O)cc1F. The molecule has 0 aromatic heterocycles. The summed E-state index contributed by atoms with van der Waals surface area (Å²) in [7, 11) is 1.32. The fourth-order valence-corrected chi connectivity index (χ4v) is 2.55. The van der Waals surface area contributed by atoms with Crippen molar-refractivity contribution in [3.05, 3.63) is 29.6 Å². The second-order valence-electron chi connectivity index (χ2n) is 5.36. The number of nitrogens with two attached hydrogens (primary N) is 1. The minimum atomic E-state index is -0.675. The molecule has 124 valence electrons. The van der Waals surface area contributed by atoms with E-state index in [0.717, 1.165) is 6.07 Å². The molecule has 1 aliphatic heterocycles. The second kappa shape index (κ2) is 6.64. The summed E-state index contributed by atoms with van der Waals surface area (Å²) in [6.07, 6.45) is 0. The monoisotopic (exact) mass is 323 g/mol. The number of primary amides is 1. The molecule has 1 aliphatic rings. The van der Waals surface area contributed by atoms with Crippen LogP contribution < -0.4 is 15.8 Å². The van der Waals surface area contributed by atoms with Crippen LogP contribution in [0.4, 0.5) is 4.39 Å². The maximum absolute atomic E-state index is 13.7. The average molecular weight is 323 g/mol. The number of carbonyl (C=O) groups excluding carboxylic acids is 3. The molecule has 7 nitrogen and oxygen atoms in total. The molecule has 2 atom stereocenters. The van der Waals surface area contributed by atoms with Gasteiger partial charge in [0, 0.05) is 25.6 Å². The van der Waals surface area contributed by atoms with Crippen LogP contribution in [0.3, 0.4) is 0 Å². The molecule has 8 heteroatoms. The van der Waals surface area contributed by atoms with Gasteiger partial charge in [-0.3, -0.25) is 14.4 Å². The van der Waals surface area contributed by atoms with E-state index >= 15 is 0 Å². The van der Waals surface area contributed by atoms with Crippen molar-refractivity contribution in [3.63, 3.8) is 0 Å². The van der Waals surface area contributed by atoms with Crippen LogP contribution in [0.5, 0.6) is 5.75 Å². The summed E-state index contributed by atoms with van der Waals surface area (Å²) >= 11 is 0. The number of ether oxygens (including phenoxy) is 1. The third-order valence-corrected chi connectivity index (χ3v) is 3.86. The molecule has 0 saturated carbocycles. The molecule has 1 aromatic carbocycles. The van der Waals surface area contributed by atoms with Crippen molar-refractivity contribution < 1.29 is 23.5 Å². The highest BCUT2D eigenvalue weighted by Gasteiger charge is 2.38. The number of nitrogens with zero attached hydrogens (tertiary/aromatic N) is 1. The molecule has 1 fully saturated rings. The number of likely N-dealkylation sites (tertiary alicyclic amines) is 1. The highest BCUT2D eigenvalue weighted by molar-refractivity contribution is 5.95. The standard InChI is InChI=1S/C15H18FN3O4/c1-8(20)19-6-10(14(17)21)12(7-19)18-15(22)9-3-4-13(23-2)11(16)5-9/h3-5,10,12H,6-7H2,1-2H3,(H2,17,21)(H,18,22)/t10-,12+/m1/s1. The van der Waals surface area contributed by atoms with E-state index in [1.807, 2.05) is 0 Å². The number of rotatable bonds is 4. The van der Waals surface area contributed by atoms with Gasteiger partial charge in [0.2, 0.25) is 11.8 Å². The Morgan fingerprint density at radius 1 is 1.35 bits per heavy atom. The molecular formula is C15H18FN3O4. The first kappa shape index (κ1) is 16.7. The van der Waals surface area contributed by atoms with E-state index in [-0.39, 0.29) is 30.3 Å². The molecule has 3 N–H and O–H groups in total. The maximum Gasteiger partial charge on any atom is 0.251 e. The van der Waals surface area contributed by atoms with Gasteiger partial charge in [0.05, 0.1) is 19.1 Å². The lowest BCUT2D eigenvalue weighted by Gasteiger charge is -2.17. The van der Waals surface area contributed by atoms with Crippen LogP contribution >= 0.6 is 0 Å². The smallest absolute Gasteiger partial charge is 0.251 e. The summed E-state index contributed by atoms with van der Waals surface area (Å²) in [4.78, 5) is 36.6. The van der Waals surface area contributed by atoms with Gasteiger partial charge in [-0.25, -0.2) is 4.39 Å². The summed E-state index contributed by atoms with van der Waals surface area (Å²) < 4.78 is 18.5. The van der Waals surface area contributed by atoms with Gasteiger partial charge in [0.1, 0.15) is 0 Å². The number of nitrogens with one attached hydrogen (secondary N) is 1. The number of carbonyl (C=O) groups is 3. The van der Waals surface area contributed by atoms with Crippen LogP contribution in [0.1, 0.15) is 17.3 Å². The van der Waals surface area contributed by atoms with E-state index in [1.165, 1.54) is 31.1 Å². The zero-order valence-electron chi connectivity index (χ0n) is 12.8. The number of benzene rings is 1. The molecule has 0 spiro atoms. The molecule has 0 bridgehead atoms. The van der Waals surface area contributed by atoms with Crippen molar-refractivity contribution in [1.29, 1.82) is 0 Å². The first-order valence-corrected chi connectivity index (χ1v) is 7.02. The van der Waals surface area contributed by atoms with Gasteiger partial charge >= 0.3 is 0 Å². The highest BCUT2D eigenvalue weighted by Crippen LogP contribution is 2.20. The van der Waals surface area contributed by atoms with Crippen molar-refractivity contribution in [2.75, 3.05) is 20.2 Å². The molecular weight excluding hydrogens is 305 g/mol. The molecule has 2 rings (SSSR count). The van der Waals surface area contributed by atoms with E-state index < -0.39 is 29.6 Å². The molecule has 23 heavy (non-hydrogen) atoms. The third kappa shape index (κ3) is 3.58. The predicted molar refractivity (Wildman–Crippen MR) is 79.1 cm³/mol. The van der Waals surface area contributed by atoms with Crippen LogP contribution in [-0.4, -0.2) is 48.9 Å². The quantitative estimate of drug-likeness (QED) is 0.807. The number of methoxy groups -OCH3 is 1. The third-order valence-electron chi connectivity index (χ3n) is 3.86. The molecule has 1 saturated heterocycles. The summed E-state index contributed by atoms with van der Waals surface area (Å²) in [5.74, 6) is -2.66. The van der Waals surface area contributed by atoms with E-state index in [1.54, 1.807) is 0 Å². The zero-order chi connectivity index (χ0) is 17.1. The molecule has 1 heterocycles. The number of halogens is 1. The molecule has 0 unspecified atom stereocenters. The summed E-state index contributed by atoms with van der Waals surface area (Å²) in [6, 6.07) is 3.19.